The zero-order chi connectivity index (χ0) is 23.3. The van der Waals surface area contributed by atoms with Crippen molar-refractivity contribution in [2.75, 3.05) is 18.6 Å². The largest absolute Gasteiger partial charge is 0.494 e. The molecule has 32 heavy (non-hydrogen) atoms. The third-order valence-corrected chi connectivity index (χ3v) is 5.51. The Morgan fingerprint density at radius 3 is 2.31 bits per heavy atom. The third-order valence-electron chi connectivity index (χ3n) is 5.51. The first-order valence-corrected chi connectivity index (χ1v) is 11.6. The molecule has 2 unspecified atom stereocenters. The Morgan fingerprint density at radius 2 is 1.69 bits per heavy atom. The molecule has 0 radical (unpaired) electrons. The number of hydrogen-bond donors (Lipinski definition) is 3. The number of nitrogens with zero attached hydrogens (tertiary/aromatic N) is 1. The number of ether oxygens (including phenoxy) is 2. The summed E-state index contributed by atoms with van der Waals surface area (Å²) in [6, 6.07) is 4.71. The van der Waals surface area contributed by atoms with Gasteiger partial charge >= 0.3 is 5.97 Å². The lowest BCUT2D eigenvalue weighted by Crippen LogP contribution is -2.52. The molecule has 0 saturated heterocycles. The number of benzene rings is 1. The molecule has 8 heteroatoms. The summed E-state index contributed by atoms with van der Waals surface area (Å²) in [5.74, 6) is -1.02. The average Bonchev–Trinajstić information content (AvgIpc) is 2.79. The fraction of sp³-hybridized carbons (Fsp3) is 0.625. The second-order valence-corrected chi connectivity index (χ2v) is 8.07. The predicted molar refractivity (Wildman–Crippen MR) is 122 cm³/mol. The van der Waals surface area contributed by atoms with E-state index in [0.29, 0.717) is 12.4 Å². The first-order chi connectivity index (χ1) is 15.5. The van der Waals surface area contributed by atoms with Crippen LogP contribution in [0.1, 0.15) is 81.5 Å². The number of aliphatic hydroxyl groups excluding tert-OH is 2. The quantitative estimate of drug-likeness (QED) is 0.281. The molecule has 3 N–H and O–H groups in total. The maximum absolute atomic E-state index is 13.9. The maximum atomic E-state index is 13.9. The number of carbonyl (C=O) groups excluding carboxylic acids is 1. The van der Waals surface area contributed by atoms with Gasteiger partial charge in [-0.3, -0.25) is 0 Å². The minimum atomic E-state index is -1.61. The molecule has 7 nitrogen and oxygen atoms in total. The highest BCUT2D eigenvalue weighted by molar-refractivity contribution is 5.96. The SMILES string of the molecule is CCCCCCCCCCCCOc1ccc(C(=O)OC)c(N2C=C(F)C(O)NC2O)c1. The van der Waals surface area contributed by atoms with Gasteiger partial charge in [0.1, 0.15) is 5.75 Å². The van der Waals surface area contributed by atoms with Crippen LogP contribution in [-0.2, 0) is 4.74 Å². The van der Waals surface area contributed by atoms with E-state index in [1.165, 1.54) is 64.5 Å². The number of aliphatic hydroxyl groups is 2. The molecule has 1 aliphatic heterocycles. The number of rotatable bonds is 14. The Balaban J connectivity index is 1.87. The molecular weight excluding hydrogens is 415 g/mol. The lowest BCUT2D eigenvalue weighted by molar-refractivity contribution is 0.0409. The molecule has 0 saturated carbocycles. The van der Waals surface area contributed by atoms with Gasteiger partial charge in [-0.25, -0.2) is 14.5 Å². The molecule has 0 fully saturated rings. The van der Waals surface area contributed by atoms with Gasteiger partial charge in [0.15, 0.2) is 18.4 Å². The molecule has 0 amide bonds. The molecule has 1 heterocycles. The van der Waals surface area contributed by atoms with Crippen molar-refractivity contribution in [1.82, 2.24) is 5.32 Å². The molecule has 1 aliphatic rings. The van der Waals surface area contributed by atoms with Crippen LogP contribution in [0.3, 0.4) is 0 Å². The van der Waals surface area contributed by atoms with Crippen LogP contribution in [0.25, 0.3) is 0 Å². The molecule has 0 aliphatic carbocycles. The Morgan fingerprint density at radius 1 is 1.06 bits per heavy atom. The van der Waals surface area contributed by atoms with Crippen LogP contribution in [0.5, 0.6) is 5.75 Å². The van der Waals surface area contributed by atoms with Crippen molar-refractivity contribution in [2.24, 2.45) is 0 Å². The Kier molecular flexibility index (Phi) is 11.5. The van der Waals surface area contributed by atoms with Crippen molar-refractivity contribution >= 4 is 11.7 Å². The fourth-order valence-electron chi connectivity index (χ4n) is 3.65. The number of nitrogens with one attached hydrogen (secondary N) is 1. The minimum absolute atomic E-state index is 0.139. The summed E-state index contributed by atoms with van der Waals surface area (Å²) in [5.41, 5.74) is 0.347. The van der Waals surface area contributed by atoms with E-state index in [4.69, 9.17) is 9.47 Å². The summed E-state index contributed by atoms with van der Waals surface area (Å²) in [7, 11) is 1.24. The molecular formula is C24H37FN2O5. The molecule has 180 valence electrons. The Labute approximate surface area is 190 Å². The van der Waals surface area contributed by atoms with Crippen LogP contribution in [0, 0.1) is 0 Å². The summed E-state index contributed by atoms with van der Waals surface area (Å²) >= 11 is 0. The normalized spacial score (nSPS) is 18.4. The highest BCUT2D eigenvalue weighted by Crippen LogP contribution is 2.30. The number of methoxy groups -OCH3 is 1. The molecule has 2 rings (SSSR count). The van der Waals surface area contributed by atoms with Crippen molar-refractivity contribution in [3.05, 3.63) is 35.8 Å². The molecule has 0 bridgehead atoms. The molecule has 0 aromatic heterocycles. The second kappa shape index (κ2) is 14.1. The lowest BCUT2D eigenvalue weighted by atomic mass is 10.1. The van der Waals surface area contributed by atoms with Crippen LogP contribution in [0.2, 0.25) is 0 Å². The monoisotopic (exact) mass is 452 g/mol. The van der Waals surface area contributed by atoms with E-state index in [1.54, 1.807) is 12.1 Å². The third kappa shape index (κ3) is 8.07. The van der Waals surface area contributed by atoms with Gasteiger partial charge in [0.2, 0.25) is 0 Å². The van der Waals surface area contributed by atoms with Gasteiger partial charge in [0.05, 0.1) is 25.0 Å². The minimum Gasteiger partial charge on any atom is -0.494 e. The van der Waals surface area contributed by atoms with Crippen LogP contribution < -0.4 is 15.0 Å². The molecule has 0 spiro atoms. The molecule has 1 aromatic carbocycles. The standard InChI is InChI=1S/C24H37FN2O5/c1-3-4-5-6-7-8-9-10-11-12-15-32-18-13-14-19(23(29)31-2)21(16-18)27-17-20(25)22(28)26-24(27)30/h13-14,16-17,22,24,26,28,30H,3-12,15H2,1-2H3. The van der Waals surface area contributed by atoms with Crippen molar-refractivity contribution in [3.63, 3.8) is 0 Å². The van der Waals surface area contributed by atoms with E-state index >= 15 is 0 Å². The average molecular weight is 453 g/mol. The van der Waals surface area contributed by atoms with Gasteiger partial charge in [-0.05, 0) is 18.6 Å². The van der Waals surface area contributed by atoms with Gasteiger partial charge in [0, 0.05) is 12.3 Å². The van der Waals surface area contributed by atoms with Crippen LogP contribution >= 0.6 is 0 Å². The van der Waals surface area contributed by atoms with E-state index in [9.17, 15) is 19.4 Å². The predicted octanol–water partition coefficient (Wildman–Crippen LogP) is 4.59. The summed E-state index contributed by atoms with van der Waals surface area (Å²) in [6.07, 6.45) is 10.2. The van der Waals surface area contributed by atoms with Gasteiger partial charge in [-0.2, -0.15) is 0 Å². The summed E-state index contributed by atoms with van der Waals surface area (Å²) in [6.45, 7) is 2.75. The van der Waals surface area contributed by atoms with Crippen molar-refractivity contribution in [3.8, 4) is 5.75 Å². The van der Waals surface area contributed by atoms with E-state index < -0.39 is 24.4 Å². The van der Waals surface area contributed by atoms with Crippen molar-refractivity contribution in [1.29, 1.82) is 0 Å². The van der Waals surface area contributed by atoms with E-state index in [2.05, 4.69) is 12.2 Å². The van der Waals surface area contributed by atoms with Crippen molar-refractivity contribution < 1.29 is 28.9 Å². The summed E-state index contributed by atoms with van der Waals surface area (Å²) in [4.78, 5) is 13.3. The highest BCUT2D eigenvalue weighted by Gasteiger charge is 2.29. The number of carbonyl (C=O) groups is 1. The number of hydrogen-bond acceptors (Lipinski definition) is 7. The molecule has 1 aromatic rings. The summed E-state index contributed by atoms with van der Waals surface area (Å²) < 4.78 is 24.5. The van der Waals surface area contributed by atoms with Crippen molar-refractivity contribution in [2.45, 2.75) is 83.7 Å². The van der Waals surface area contributed by atoms with E-state index in [1.807, 2.05) is 0 Å². The summed E-state index contributed by atoms with van der Waals surface area (Å²) in [5, 5.41) is 22.0. The Hall–Kier alpha value is -2.16. The van der Waals surface area contributed by atoms with Gasteiger partial charge in [0.25, 0.3) is 0 Å². The van der Waals surface area contributed by atoms with Crippen LogP contribution in [0.4, 0.5) is 10.1 Å². The number of halogens is 1. The number of unbranched alkanes of at least 4 members (excludes halogenated alkanes) is 9. The zero-order valence-electron chi connectivity index (χ0n) is 19.2. The highest BCUT2D eigenvalue weighted by atomic mass is 19.1. The fourth-order valence-corrected chi connectivity index (χ4v) is 3.65. The maximum Gasteiger partial charge on any atom is 0.339 e. The van der Waals surface area contributed by atoms with Gasteiger partial charge < -0.3 is 24.6 Å². The lowest BCUT2D eigenvalue weighted by Gasteiger charge is -2.34. The van der Waals surface area contributed by atoms with E-state index in [-0.39, 0.29) is 11.3 Å². The Bertz CT molecular complexity index is 743. The molecule has 2 atom stereocenters. The smallest absolute Gasteiger partial charge is 0.339 e. The van der Waals surface area contributed by atoms with Crippen LogP contribution in [0.15, 0.2) is 30.2 Å². The first kappa shape index (κ1) is 26.1. The van der Waals surface area contributed by atoms with Crippen LogP contribution in [-0.4, -0.2) is 42.5 Å². The topological polar surface area (TPSA) is 91.3 Å². The first-order valence-electron chi connectivity index (χ1n) is 11.6. The number of anilines is 1. The van der Waals surface area contributed by atoms with Gasteiger partial charge in [-0.15, -0.1) is 0 Å². The van der Waals surface area contributed by atoms with E-state index in [0.717, 1.165) is 23.9 Å². The second-order valence-electron chi connectivity index (χ2n) is 8.07. The van der Waals surface area contributed by atoms with Gasteiger partial charge in [-0.1, -0.05) is 64.7 Å². The zero-order valence-corrected chi connectivity index (χ0v) is 19.2. The number of esters is 1.